The van der Waals surface area contributed by atoms with Crippen molar-refractivity contribution in [1.82, 2.24) is 5.43 Å². The van der Waals surface area contributed by atoms with Gasteiger partial charge in [-0.1, -0.05) is 0 Å². The number of phenols is 1. The number of hydrazone groups is 1. The number of furan rings is 1. The Kier molecular flexibility index (Phi) is 3.43. The number of phenolic OH excluding ortho intramolecular Hbond substituents is 1. The van der Waals surface area contributed by atoms with Crippen molar-refractivity contribution in [3.8, 4) is 5.75 Å². The number of carbonyl (C=O) groups is 1. The number of benzene rings is 1. The maximum absolute atomic E-state index is 11.6. The zero-order valence-corrected chi connectivity index (χ0v) is 9.75. The van der Waals surface area contributed by atoms with Gasteiger partial charge in [0.15, 0.2) is 0 Å². The quantitative estimate of drug-likeness (QED) is 0.641. The van der Waals surface area contributed by atoms with Crippen LogP contribution in [0.2, 0.25) is 0 Å². The molecule has 0 saturated heterocycles. The Morgan fingerprint density at radius 3 is 2.67 bits per heavy atom. The largest absolute Gasteiger partial charge is 0.508 e. The number of hydrogen-bond donors (Lipinski definition) is 2. The van der Waals surface area contributed by atoms with Gasteiger partial charge < -0.3 is 9.52 Å². The van der Waals surface area contributed by atoms with Gasteiger partial charge in [-0.25, -0.2) is 5.43 Å². The highest BCUT2D eigenvalue weighted by molar-refractivity contribution is 5.95. The van der Waals surface area contributed by atoms with Gasteiger partial charge >= 0.3 is 0 Å². The zero-order chi connectivity index (χ0) is 13.0. The average molecular weight is 244 g/mol. The molecular weight excluding hydrogens is 232 g/mol. The van der Waals surface area contributed by atoms with Crippen LogP contribution in [0.5, 0.6) is 5.75 Å². The average Bonchev–Trinajstić information content (AvgIpc) is 2.78. The van der Waals surface area contributed by atoms with Gasteiger partial charge in [-0.05, 0) is 42.8 Å². The molecule has 2 aromatic rings. The molecule has 2 rings (SSSR count). The van der Waals surface area contributed by atoms with Crippen molar-refractivity contribution in [1.29, 1.82) is 0 Å². The fourth-order valence-corrected chi connectivity index (χ4v) is 1.41. The maximum atomic E-state index is 11.6. The topological polar surface area (TPSA) is 74.8 Å². The van der Waals surface area contributed by atoms with Gasteiger partial charge in [0, 0.05) is 0 Å². The lowest BCUT2D eigenvalue weighted by Crippen LogP contribution is -2.17. The van der Waals surface area contributed by atoms with E-state index in [1.165, 1.54) is 12.5 Å². The van der Waals surface area contributed by atoms with Crippen molar-refractivity contribution >= 4 is 12.1 Å². The summed E-state index contributed by atoms with van der Waals surface area (Å²) in [4.78, 5) is 11.6. The van der Waals surface area contributed by atoms with Crippen LogP contribution in [-0.4, -0.2) is 17.2 Å². The second-order valence-electron chi connectivity index (χ2n) is 3.68. The van der Waals surface area contributed by atoms with E-state index in [-0.39, 0.29) is 11.7 Å². The lowest BCUT2D eigenvalue weighted by atomic mass is 10.2. The summed E-state index contributed by atoms with van der Waals surface area (Å²) >= 11 is 0. The van der Waals surface area contributed by atoms with E-state index in [4.69, 9.17) is 9.52 Å². The Morgan fingerprint density at radius 1 is 1.33 bits per heavy atom. The highest BCUT2D eigenvalue weighted by Gasteiger charge is 2.09. The molecular formula is C13H12N2O3. The van der Waals surface area contributed by atoms with Crippen LogP contribution in [0.4, 0.5) is 0 Å². The second-order valence-corrected chi connectivity index (χ2v) is 3.68. The van der Waals surface area contributed by atoms with Gasteiger partial charge in [0.1, 0.15) is 11.5 Å². The minimum Gasteiger partial charge on any atom is -0.508 e. The predicted molar refractivity (Wildman–Crippen MR) is 66.6 cm³/mol. The van der Waals surface area contributed by atoms with Gasteiger partial charge in [0.05, 0.1) is 18.0 Å². The molecule has 1 heterocycles. The summed E-state index contributed by atoms with van der Waals surface area (Å²) in [6.45, 7) is 1.71. The highest BCUT2D eigenvalue weighted by atomic mass is 16.3. The number of aromatic hydroxyl groups is 1. The second kappa shape index (κ2) is 5.18. The van der Waals surface area contributed by atoms with Crippen LogP contribution in [0.3, 0.4) is 0 Å². The van der Waals surface area contributed by atoms with Gasteiger partial charge in [-0.2, -0.15) is 5.10 Å². The fourth-order valence-electron chi connectivity index (χ4n) is 1.41. The molecule has 0 unspecified atom stereocenters. The number of aryl methyl sites for hydroxylation is 1. The summed E-state index contributed by atoms with van der Waals surface area (Å²) in [7, 11) is 0. The molecule has 0 bridgehead atoms. The summed E-state index contributed by atoms with van der Waals surface area (Å²) in [6, 6.07) is 8.05. The van der Waals surface area contributed by atoms with Crippen LogP contribution in [0.15, 0.2) is 46.1 Å². The molecule has 0 saturated carbocycles. The van der Waals surface area contributed by atoms with Crippen LogP contribution >= 0.6 is 0 Å². The van der Waals surface area contributed by atoms with E-state index < -0.39 is 0 Å². The Balaban J connectivity index is 1.98. The first-order valence-electron chi connectivity index (χ1n) is 5.33. The molecule has 1 aromatic carbocycles. The normalized spacial score (nSPS) is 10.7. The van der Waals surface area contributed by atoms with Gasteiger partial charge in [-0.3, -0.25) is 4.79 Å². The summed E-state index contributed by atoms with van der Waals surface area (Å²) in [5, 5.41) is 12.9. The molecule has 0 aliphatic carbocycles. The maximum Gasteiger partial charge on any atom is 0.274 e. The van der Waals surface area contributed by atoms with E-state index in [0.717, 1.165) is 5.56 Å². The molecule has 5 heteroatoms. The van der Waals surface area contributed by atoms with E-state index in [2.05, 4.69) is 10.5 Å². The summed E-state index contributed by atoms with van der Waals surface area (Å²) in [6.07, 6.45) is 2.95. The SMILES string of the molecule is Cc1occc1C(=O)N/N=C\c1ccc(O)cc1. The minimum absolute atomic E-state index is 0.185. The number of nitrogens with zero attached hydrogens (tertiary/aromatic N) is 1. The summed E-state index contributed by atoms with van der Waals surface area (Å²) < 4.78 is 5.02. The number of hydrogen-bond acceptors (Lipinski definition) is 4. The molecule has 92 valence electrons. The fraction of sp³-hybridized carbons (Fsp3) is 0.0769. The molecule has 0 atom stereocenters. The van der Waals surface area contributed by atoms with Crippen LogP contribution in [-0.2, 0) is 0 Å². The lowest BCUT2D eigenvalue weighted by Gasteiger charge is -1.97. The van der Waals surface area contributed by atoms with Crippen LogP contribution in [0.25, 0.3) is 0 Å². The number of nitrogens with one attached hydrogen (secondary N) is 1. The first-order chi connectivity index (χ1) is 8.66. The van der Waals surface area contributed by atoms with Crippen molar-refractivity contribution in [2.45, 2.75) is 6.92 Å². The third-order valence-corrected chi connectivity index (χ3v) is 2.38. The molecule has 5 nitrogen and oxygen atoms in total. The molecule has 0 radical (unpaired) electrons. The number of amides is 1. The molecule has 1 amide bonds. The first kappa shape index (κ1) is 11.9. The first-order valence-corrected chi connectivity index (χ1v) is 5.33. The van der Waals surface area contributed by atoms with Crippen LogP contribution < -0.4 is 5.43 Å². The van der Waals surface area contributed by atoms with Crippen molar-refractivity contribution in [2.75, 3.05) is 0 Å². The smallest absolute Gasteiger partial charge is 0.274 e. The van der Waals surface area contributed by atoms with E-state index in [1.807, 2.05) is 0 Å². The Bertz CT molecular complexity index is 570. The molecule has 2 N–H and O–H groups in total. The van der Waals surface area contributed by atoms with E-state index >= 15 is 0 Å². The monoisotopic (exact) mass is 244 g/mol. The van der Waals surface area contributed by atoms with Crippen molar-refractivity contribution in [2.24, 2.45) is 5.10 Å². The van der Waals surface area contributed by atoms with E-state index in [0.29, 0.717) is 11.3 Å². The van der Waals surface area contributed by atoms with E-state index in [1.54, 1.807) is 37.3 Å². The van der Waals surface area contributed by atoms with Gasteiger partial charge in [-0.15, -0.1) is 0 Å². The molecule has 0 aliphatic heterocycles. The van der Waals surface area contributed by atoms with Gasteiger partial charge in [0.25, 0.3) is 5.91 Å². The van der Waals surface area contributed by atoms with Crippen LogP contribution in [0.1, 0.15) is 21.7 Å². The molecule has 1 aromatic heterocycles. The number of carbonyl (C=O) groups excluding carboxylic acids is 1. The molecule has 0 spiro atoms. The molecule has 0 fully saturated rings. The molecule has 18 heavy (non-hydrogen) atoms. The highest BCUT2D eigenvalue weighted by Crippen LogP contribution is 2.09. The third kappa shape index (κ3) is 2.76. The van der Waals surface area contributed by atoms with E-state index in [9.17, 15) is 4.79 Å². The Labute approximate surface area is 104 Å². The minimum atomic E-state index is -0.323. The molecule has 0 aliphatic rings. The van der Waals surface area contributed by atoms with Crippen molar-refractivity contribution in [3.05, 3.63) is 53.5 Å². The Hall–Kier alpha value is -2.56. The lowest BCUT2D eigenvalue weighted by molar-refractivity contribution is 0.0953. The summed E-state index contributed by atoms with van der Waals surface area (Å²) in [5.74, 6) is 0.411. The van der Waals surface area contributed by atoms with Gasteiger partial charge in [0.2, 0.25) is 0 Å². The Morgan fingerprint density at radius 2 is 2.06 bits per heavy atom. The standard InChI is InChI=1S/C13H12N2O3/c1-9-12(6-7-18-9)13(17)15-14-8-10-2-4-11(16)5-3-10/h2-8,16H,1H3,(H,15,17)/b14-8-. The number of rotatable bonds is 3. The third-order valence-electron chi connectivity index (χ3n) is 2.38. The summed E-state index contributed by atoms with van der Waals surface area (Å²) in [5.41, 5.74) is 3.63. The van der Waals surface area contributed by atoms with Crippen molar-refractivity contribution in [3.63, 3.8) is 0 Å². The van der Waals surface area contributed by atoms with Crippen LogP contribution in [0, 0.1) is 6.92 Å². The zero-order valence-electron chi connectivity index (χ0n) is 9.75. The predicted octanol–water partition coefficient (Wildman–Crippen LogP) is 2.06. The van der Waals surface area contributed by atoms with Crippen molar-refractivity contribution < 1.29 is 14.3 Å².